The van der Waals surface area contributed by atoms with Crippen molar-refractivity contribution in [3.05, 3.63) is 45.2 Å². The van der Waals surface area contributed by atoms with Crippen LogP contribution in [0, 0.1) is 0 Å². The number of esters is 1. The molecule has 2 aliphatic rings. The highest BCUT2D eigenvalue weighted by molar-refractivity contribution is 5.90. The summed E-state index contributed by atoms with van der Waals surface area (Å²) in [6.45, 7) is 7.03. The smallest absolute Gasteiger partial charge is 0.343 e. The first-order valence-corrected chi connectivity index (χ1v) is 9.14. The topological polar surface area (TPSA) is 81.0 Å². The zero-order valence-corrected chi connectivity index (χ0v) is 15.6. The van der Waals surface area contributed by atoms with E-state index in [2.05, 4.69) is 0 Å². The zero-order valence-electron chi connectivity index (χ0n) is 15.6. The number of carbonyl (C=O) groups is 1. The molecule has 7 heteroatoms. The third-order valence-electron chi connectivity index (χ3n) is 5.03. The maximum absolute atomic E-state index is 12.6. The lowest BCUT2D eigenvalue weighted by atomic mass is 9.93. The number of ether oxygens (including phenoxy) is 2. The van der Waals surface area contributed by atoms with Crippen LogP contribution in [0.2, 0.25) is 0 Å². The van der Waals surface area contributed by atoms with E-state index in [-0.39, 0.29) is 29.4 Å². The first-order valence-electron chi connectivity index (χ1n) is 9.14. The van der Waals surface area contributed by atoms with Crippen molar-refractivity contribution >= 4 is 5.97 Å². The van der Waals surface area contributed by atoms with Gasteiger partial charge >= 0.3 is 5.97 Å². The molecule has 0 radical (unpaired) electrons. The lowest BCUT2D eigenvalue weighted by Gasteiger charge is -2.38. The molecule has 2 aliphatic heterocycles. The van der Waals surface area contributed by atoms with E-state index >= 15 is 0 Å². The van der Waals surface area contributed by atoms with Crippen LogP contribution in [0.1, 0.15) is 42.3 Å². The highest BCUT2D eigenvalue weighted by atomic mass is 16.5. The number of phenols is 1. The van der Waals surface area contributed by atoms with E-state index in [1.165, 1.54) is 6.07 Å². The van der Waals surface area contributed by atoms with E-state index in [4.69, 9.17) is 9.47 Å². The van der Waals surface area contributed by atoms with Gasteiger partial charge in [0, 0.05) is 35.9 Å². The van der Waals surface area contributed by atoms with Crippen molar-refractivity contribution in [1.82, 2.24) is 4.68 Å². The van der Waals surface area contributed by atoms with E-state index in [1.807, 2.05) is 23.5 Å². The second-order valence-electron chi connectivity index (χ2n) is 7.03. The van der Waals surface area contributed by atoms with Crippen molar-refractivity contribution in [2.45, 2.75) is 39.8 Å². The summed E-state index contributed by atoms with van der Waals surface area (Å²) in [4.78, 5) is 24.8. The quantitative estimate of drug-likeness (QED) is 0.835. The fourth-order valence-corrected chi connectivity index (χ4v) is 3.83. The third kappa shape index (κ3) is 2.65. The summed E-state index contributed by atoms with van der Waals surface area (Å²) in [6.07, 6.45) is 2.23. The fourth-order valence-electron chi connectivity index (χ4n) is 3.83. The molecule has 3 heterocycles. The Morgan fingerprint density at radius 2 is 2.15 bits per heavy atom. The molecule has 0 saturated heterocycles. The summed E-state index contributed by atoms with van der Waals surface area (Å²) in [7, 11) is 0. The van der Waals surface area contributed by atoms with Gasteiger partial charge in [-0.3, -0.25) is 9.47 Å². The number of hydrogen-bond acceptors (Lipinski definition) is 6. The van der Waals surface area contributed by atoms with Gasteiger partial charge in [-0.25, -0.2) is 4.79 Å². The molecule has 0 spiro atoms. The minimum absolute atomic E-state index is 0.0152. The molecule has 0 unspecified atom stereocenters. The van der Waals surface area contributed by atoms with Gasteiger partial charge in [0.05, 0.1) is 25.5 Å². The van der Waals surface area contributed by atoms with Crippen molar-refractivity contribution in [1.29, 1.82) is 0 Å². The van der Waals surface area contributed by atoms with Crippen LogP contribution in [0.25, 0.3) is 11.3 Å². The van der Waals surface area contributed by atoms with Gasteiger partial charge in [-0.1, -0.05) is 0 Å². The molecule has 0 saturated carbocycles. The number of phenolic OH excluding ortho intramolecular Hbond substituents is 1. The van der Waals surface area contributed by atoms with Gasteiger partial charge in [0.25, 0.3) is 0 Å². The monoisotopic (exact) mass is 370 g/mol. The molecule has 2 aromatic rings. The Labute approximate surface area is 156 Å². The predicted octanol–water partition coefficient (Wildman–Crippen LogP) is 2.19. The van der Waals surface area contributed by atoms with E-state index in [9.17, 15) is 14.7 Å². The number of carbonyl (C=O) groups excluding carboxylic acids is 1. The van der Waals surface area contributed by atoms with E-state index in [1.54, 1.807) is 19.2 Å². The summed E-state index contributed by atoms with van der Waals surface area (Å²) >= 11 is 0. The Balaban J connectivity index is 1.98. The standard InChI is InChI=1S/C20H22N2O5/c1-4-26-20(25)14-10-22-15(8-16(14)23)18-12(9-21(22)11(2)3)7-17(24)19-13(18)5-6-27-19/h7-8,10-11,24H,4-6,9H2,1-3H3. The summed E-state index contributed by atoms with van der Waals surface area (Å²) in [5, 5.41) is 12.4. The van der Waals surface area contributed by atoms with Crippen molar-refractivity contribution in [3.63, 3.8) is 0 Å². The van der Waals surface area contributed by atoms with Gasteiger partial charge in [-0.2, -0.15) is 0 Å². The highest BCUT2D eigenvalue weighted by Gasteiger charge is 2.32. The largest absolute Gasteiger partial charge is 0.504 e. The first-order chi connectivity index (χ1) is 12.9. The maximum Gasteiger partial charge on any atom is 0.343 e. The van der Waals surface area contributed by atoms with Crippen LogP contribution in [0.4, 0.5) is 0 Å². The number of hydrogen-bond donors (Lipinski definition) is 1. The second-order valence-corrected chi connectivity index (χ2v) is 7.03. The average molecular weight is 370 g/mol. The molecule has 1 N–H and O–H groups in total. The minimum Gasteiger partial charge on any atom is -0.504 e. The minimum atomic E-state index is -0.619. The number of benzene rings is 1. The lowest BCUT2D eigenvalue weighted by Crippen LogP contribution is -2.44. The number of fused-ring (bicyclic) bond motifs is 5. The first kappa shape index (κ1) is 17.5. The Morgan fingerprint density at radius 1 is 1.37 bits per heavy atom. The molecule has 1 aromatic carbocycles. The van der Waals surface area contributed by atoms with E-state index in [0.717, 1.165) is 16.7 Å². The van der Waals surface area contributed by atoms with Gasteiger partial charge in [-0.05, 0) is 32.4 Å². The summed E-state index contributed by atoms with van der Waals surface area (Å²) < 4.78 is 12.5. The Hall–Kier alpha value is -2.96. The van der Waals surface area contributed by atoms with Crippen LogP contribution in [-0.4, -0.2) is 35.0 Å². The molecule has 7 nitrogen and oxygen atoms in total. The molecule has 142 valence electrons. The van der Waals surface area contributed by atoms with Gasteiger partial charge in [0.15, 0.2) is 16.9 Å². The SMILES string of the molecule is CCOC(=O)c1cn2c(cc1=O)-c1c(cc(O)c3c1CCO3)CN2C(C)C. The van der Waals surface area contributed by atoms with Gasteiger partial charge in [0.2, 0.25) is 0 Å². The van der Waals surface area contributed by atoms with Crippen molar-refractivity contribution in [2.75, 3.05) is 18.2 Å². The molecule has 0 aliphatic carbocycles. The Bertz CT molecular complexity index is 993. The van der Waals surface area contributed by atoms with E-state index < -0.39 is 5.97 Å². The Kier molecular flexibility index (Phi) is 4.09. The molecule has 0 amide bonds. The number of pyridine rings is 1. The number of aromatic hydroxyl groups is 1. The van der Waals surface area contributed by atoms with Crippen LogP contribution >= 0.6 is 0 Å². The molecule has 27 heavy (non-hydrogen) atoms. The predicted molar refractivity (Wildman–Crippen MR) is 100 cm³/mol. The molecule has 1 aromatic heterocycles. The van der Waals surface area contributed by atoms with Gasteiger partial charge in [0.1, 0.15) is 5.56 Å². The van der Waals surface area contributed by atoms with Crippen molar-refractivity contribution in [2.24, 2.45) is 0 Å². The third-order valence-corrected chi connectivity index (χ3v) is 5.03. The molecule has 4 rings (SSSR count). The maximum atomic E-state index is 12.6. The molecule has 0 atom stereocenters. The van der Waals surface area contributed by atoms with Crippen LogP contribution in [0.3, 0.4) is 0 Å². The van der Waals surface area contributed by atoms with Crippen LogP contribution in [0.15, 0.2) is 23.1 Å². The Morgan fingerprint density at radius 3 is 2.85 bits per heavy atom. The van der Waals surface area contributed by atoms with Crippen LogP contribution < -0.4 is 15.2 Å². The summed E-state index contributed by atoms with van der Waals surface area (Å²) in [5.74, 6) is -0.00400. The summed E-state index contributed by atoms with van der Waals surface area (Å²) in [5.41, 5.74) is 3.09. The lowest BCUT2D eigenvalue weighted by molar-refractivity contribution is 0.0523. The summed E-state index contributed by atoms with van der Waals surface area (Å²) in [6, 6.07) is 3.30. The van der Waals surface area contributed by atoms with Crippen LogP contribution in [-0.2, 0) is 17.7 Å². The molecule has 0 bridgehead atoms. The van der Waals surface area contributed by atoms with Gasteiger partial charge < -0.3 is 19.6 Å². The van der Waals surface area contributed by atoms with Crippen molar-refractivity contribution < 1.29 is 19.4 Å². The van der Waals surface area contributed by atoms with Crippen molar-refractivity contribution in [3.8, 4) is 22.8 Å². The number of aromatic nitrogens is 1. The normalized spacial score (nSPS) is 14.4. The molecule has 0 fully saturated rings. The highest BCUT2D eigenvalue weighted by Crippen LogP contribution is 2.45. The second kappa shape index (κ2) is 6.33. The van der Waals surface area contributed by atoms with Gasteiger partial charge in [-0.15, -0.1) is 0 Å². The zero-order chi connectivity index (χ0) is 19.3. The molecular weight excluding hydrogens is 348 g/mol. The van der Waals surface area contributed by atoms with E-state index in [0.29, 0.717) is 31.0 Å². The number of rotatable bonds is 3. The average Bonchev–Trinajstić information content (AvgIpc) is 3.10. The van der Waals surface area contributed by atoms with Crippen LogP contribution in [0.5, 0.6) is 11.5 Å². The molecular formula is C20H22N2O5. The number of nitrogens with zero attached hydrogens (tertiary/aromatic N) is 2. The fraction of sp³-hybridized carbons (Fsp3) is 0.400.